The van der Waals surface area contributed by atoms with Crippen LogP contribution in [0.4, 0.5) is 0 Å². The van der Waals surface area contributed by atoms with Crippen LogP contribution in [0.3, 0.4) is 0 Å². The van der Waals surface area contributed by atoms with Crippen molar-refractivity contribution in [3.8, 4) is 0 Å². The summed E-state index contributed by atoms with van der Waals surface area (Å²) < 4.78 is 1.88. The molecule has 1 aromatic rings. The van der Waals surface area contributed by atoms with E-state index in [4.69, 9.17) is 5.11 Å². The molecule has 0 spiro atoms. The molecule has 1 aliphatic rings. The van der Waals surface area contributed by atoms with Gasteiger partial charge < -0.3 is 5.11 Å². The van der Waals surface area contributed by atoms with E-state index in [1.165, 1.54) is 6.42 Å². The summed E-state index contributed by atoms with van der Waals surface area (Å²) in [5, 5.41) is 13.2. The fraction of sp³-hybridized carbons (Fsp3) is 0.667. The van der Waals surface area contributed by atoms with Gasteiger partial charge in [0.2, 0.25) is 0 Å². The molecule has 0 amide bonds. The van der Waals surface area contributed by atoms with Gasteiger partial charge in [-0.3, -0.25) is 4.68 Å². The maximum atomic E-state index is 10.9. The van der Waals surface area contributed by atoms with E-state index in [2.05, 4.69) is 5.10 Å². The highest BCUT2D eigenvalue weighted by Gasteiger charge is 2.29. The molecule has 1 aliphatic carbocycles. The van der Waals surface area contributed by atoms with E-state index in [1.807, 2.05) is 25.5 Å². The Morgan fingerprint density at radius 2 is 2.12 bits per heavy atom. The van der Waals surface area contributed by atoms with Crippen LogP contribution in [0.1, 0.15) is 62.1 Å². The minimum absolute atomic E-state index is 0.154. The molecule has 2 rings (SSSR count). The number of aromatic nitrogens is 2. The maximum Gasteiger partial charge on any atom is 0.356 e. The van der Waals surface area contributed by atoms with Crippen LogP contribution in [-0.4, -0.2) is 20.9 Å². The van der Waals surface area contributed by atoms with Crippen LogP contribution >= 0.6 is 0 Å². The molecule has 0 bridgehead atoms. The number of aromatic carboxylic acids is 1. The summed E-state index contributed by atoms with van der Waals surface area (Å²) >= 11 is 0. The predicted molar refractivity (Wildman–Crippen MR) is 60.8 cm³/mol. The molecule has 0 atom stereocenters. The minimum atomic E-state index is -0.941. The Labute approximate surface area is 95.3 Å². The monoisotopic (exact) mass is 222 g/mol. The van der Waals surface area contributed by atoms with Gasteiger partial charge in [0.15, 0.2) is 5.69 Å². The first-order valence-electron chi connectivity index (χ1n) is 5.73. The zero-order valence-electron chi connectivity index (χ0n) is 10.0. The molecular weight excluding hydrogens is 204 g/mol. The summed E-state index contributed by atoms with van der Waals surface area (Å²) in [4.78, 5) is 10.9. The van der Waals surface area contributed by atoms with Crippen molar-refractivity contribution in [2.24, 2.45) is 0 Å². The highest BCUT2D eigenvalue weighted by atomic mass is 16.4. The third-order valence-electron chi connectivity index (χ3n) is 3.11. The van der Waals surface area contributed by atoms with Gasteiger partial charge in [0, 0.05) is 11.6 Å². The Morgan fingerprint density at radius 1 is 1.50 bits per heavy atom. The Morgan fingerprint density at radius 3 is 2.50 bits per heavy atom. The van der Waals surface area contributed by atoms with Crippen molar-refractivity contribution in [1.82, 2.24) is 9.78 Å². The summed E-state index contributed by atoms with van der Waals surface area (Å²) in [6.45, 7) is 6.15. The van der Waals surface area contributed by atoms with Crippen molar-refractivity contribution in [3.63, 3.8) is 0 Å². The summed E-state index contributed by atoms with van der Waals surface area (Å²) in [6, 6.07) is 1.73. The van der Waals surface area contributed by atoms with Gasteiger partial charge in [0.1, 0.15) is 0 Å². The van der Waals surface area contributed by atoms with E-state index in [9.17, 15) is 4.79 Å². The Hall–Kier alpha value is -1.32. The molecule has 0 radical (unpaired) electrons. The number of hydrogen-bond donors (Lipinski definition) is 1. The lowest BCUT2D eigenvalue weighted by Crippen LogP contribution is -2.28. The van der Waals surface area contributed by atoms with Crippen molar-refractivity contribution in [1.29, 1.82) is 0 Å². The van der Waals surface area contributed by atoms with Crippen LogP contribution in [0.25, 0.3) is 0 Å². The largest absolute Gasteiger partial charge is 0.476 e. The summed E-state index contributed by atoms with van der Waals surface area (Å²) in [5.74, 6) is -0.441. The maximum absolute atomic E-state index is 10.9. The lowest BCUT2D eigenvalue weighted by Gasteiger charge is -2.30. The lowest BCUT2D eigenvalue weighted by molar-refractivity contribution is 0.0688. The van der Waals surface area contributed by atoms with Crippen LogP contribution in [-0.2, 0) is 5.54 Å². The van der Waals surface area contributed by atoms with Gasteiger partial charge in [0.25, 0.3) is 0 Å². The van der Waals surface area contributed by atoms with Crippen LogP contribution in [0.5, 0.6) is 0 Å². The zero-order valence-corrected chi connectivity index (χ0v) is 10.0. The number of carboxylic acids is 1. The van der Waals surface area contributed by atoms with E-state index < -0.39 is 5.97 Å². The quantitative estimate of drug-likeness (QED) is 0.836. The summed E-state index contributed by atoms with van der Waals surface area (Å²) in [5.41, 5.74) is 1.09. The number of carboxylic acid groups (broad SMARTS) is 1. The van der Waals surface area contributed by atoms with E-state index in [0.717, 1.165) is 18.5 Å². The van der Waals surface area contributed by atoms with Crippen molar-refractivity contribution in [3.05, 3.63) is 17.5 Å². The standard InChI is InChI=1S/C12H18N2O2/c1-12(2,3)14-10(8-5-4-6-8)7-9(13-14)11(15)16/h7-8H,4-6H2,1-3H3,(H,15,16). The molecule has 1 saturated carbocycles. The van der Waals surface area contributed by atoms with Crippen molar-refractivity contribution < 1.29 is 9.90 Å². The van der Waals surface area contributed by atoms with Gasteiger partial charge in [-0.15, -0.1) is 0 Å². The second kappa shape index (κ2) is 3.61. The van der Waals surface area contributed by atoms with Gasteiger partial charge in [0.05, 0.1) is 5.54 Å². The van der Waals surface area contributed by atoms with Crippen LogP contribution in [0.15, 0.2) is 6.07 Å². The fourth-order valence-corrected chi connectivity index (χ4v) is 2.03. The molecule has 0 unspecified atom stereocenters. The molecule has 4 heteroatoms. The Balaban J connectivity index is 2.43. The van der Waals surface area contributed by atoms with Gasteiger partial charge >= 0.3 is 5.97 Å². The molecule has 1 aromatic heterocycles. The number of nitrogens with zero attached hydrogens (tertiary/aromatic N) is 2. The number of rotatable bonds is 2. The molecule has 4 nitrogen and oxygen atoms in total. The summed E-state index contributed by atoms with van der Waals surface area (Å²) in [6.07, 6.45) is 3.55. The Kier molecular flexibility index (Phi) is 2.52. The highest BCUT2D eigenvalue weighted by molar-refractivity contribution is 5.85. The average molecular weight is 222 g/mol. The van der Waals surface area contributed by atoms with E-state index in [1.54, 1.807) is 6.07 Å². The second-order valence-corrected chi connectivity index (χ2v) is 5.47. The van der Waals surface area contributed by atoms with Crippen molar-refractivity contribution in [2.75, 3.05) is 0 Å². The number of hydrogen-bond acceptors (Lipinski definition) is 2. The predicted octanol–water partition coefficient (Wildman–Crippen LogP) is 2.60. The highest BCUT2D eigenvalue weighted by Crippen LogP contribution is 2.38. The molecule has 1 N–H and O–H groups in total. The second-order valence-electron chi connectivity index (χ2n) is 5.47. The molecule has 16 heavy (non-hydrogen) atoms. The average Bonchev–Trinajstić information content (AvgIpc) is 2.44. The smallest absolute Gasteiger partial charge is 0.356 e. The van der Waals surface area contributed by atoms with E-state index in [-0.39, 0.29) is 11.2 Å². The molecular formula is C12H18N2O2. The van der Waals surface area contributed by atoms with Crippen molar-refractivity contribution in [2.45, 2.75) is 51.5 Å². The van der Waals surface area contributed by atoms with Gasteiger partial charge in [-0.05, 0) is 39.7 Å². The third-order valence-corrected chi connectivity index (χ3v) is 3.11. The minimum Gasteiger partial charge on any atom is -0.476 e. The van der Waals surface area contributed by atoms with Gasteiger partial charge in [-0.1, -0.05) is 6.42 Å². The molecule has 0 aromatic carbocycles. The molecule has 1 fully saturated rings. The molecule has 1 heterocycles. The fourth-order valence-electron chi connectivity index (χ4n) is 2.03. The summed E-state index contributed by atoms with van der Waals surface area (Å²) in [7, 11) is 0. The first-order chi connectivity index (χ1) is 7.39. The molecule has 0 saturated heterocycles. The first kappa shape index (κ1) is 11.2. The van der Waals surface area contributed by atoms with Crippen LogP contribution in [0.2, 0.25) is 0 Å². The van der Waals surface area contributed by atoms with Crippen LogP contribution in [0, 0.1) is 0 Å². The van der Waals surface area contributed by atoms with Crippen molar-refractivity contribution >= 4 is 5.97 Å². The number of carbonyl (C=O) groups is 1. The normalized spacial score (nSPS) is 17.2. The van der Waals surface area contributed by atoms with E-state index in [0.29, 0.717) is 5.92 Å². The molecule has 88 valence electrons. The lowest BCUT2D eigenvalue weighted by atomic mass is 9.82. The zero-order chi connectivity index (χ0) is 11.9. The molecule has 0 aliphatic heterocycles. The third kappa shape index (κ3) is 1.84. The Bertz CT molecular complexity index is 411. The van der Waals surface area contributed by atoms with E-state index >= 15 is 0 Å². The van der Waals surface area contributed by atoms with Gasteiger partial charge in [-0.2, -0.15) is 5.10 Å². The topological polar surface area (TPSA) is 55.1 Å². The first-order valence-corrected chi connectivity index (χ1v) is 5.73. The SMILES string of the molecule is CC(C)(C)n1nc(C(=O)O)cc1C1CCC1. The van der Waals surface area contributed by atoms with Crippen LogP contribution < -0.4 is 0 Å². The van der Waals surface area contributed by atoms with Gasteiger partial charge in [-0.25, -0.2) is 4.79 Å².